The number of hydrogen-bond donors (Lipinski definition) is 1. The zero-order valence-corrected chi connectivity index (χ0v) is 9.21. The van der Waals surface area contributed by atoms with Crippen LogP contribution in [0.25, 0.3) is 0 Å². The van der Waals surface area contributed by atoms with Crippen LogP contribution in [0.4, 0.5) is 0 Å². The van der Waals surface area contributed by atoms with Crippen molar-refractivity contribution in [1.82, 2.24) is 0 Å². The van der Waals surface area contributed by atoms with Crippen molar-refractivity contribution in [2.75, 3.05) is 18.6 Å². The Labute approximate surface area is 84.0 Å². The molecular formula is C8H16O5S. The maximum atomic E-state index is 10.9. The summed E-state index contributed by atoms with van der Waals surface area (Å²) < 4.78 is 26.0. The Morgan fingerprint density at radius 2 is 2.07 bits per heavy atom. The first-order valence-corrected chi connectivity index (χ1v) is 6.45. The summed E-state index contributed by atoms with van der Waals surface area (Å²) in [5.41, 5.74) is 0. The van der Waals surface area contributed by atoms with Crippen molar-refractivity contribution in [3.8, 4) is 0 Å². The van der Waals surface area contributed by atoms with Gasteiger partial charge in [0.1, 0.15) is 9.84 Å². The van der Waals surface area contributed by atoms with Crippen molar-refractivity contribution < 1.29 is 23.1 Å². The normalized spacial score (nSPS) is 13.6. The van der Waals surface area contributed by atoms with Gasteiger partial charge in [-0.15, -0.1) is 0 Å². The Morgan fingerprint density at radius 1 is 1.50 bits per heavy atom. The number of hydrogen-bond acceptors (Lipinski definition) is 5. The zero-order valence-electron chi connectivity index (χ0n) is 8.39. The SMILES string of the molecule is CCOC(=O)C(O)CCCS(C)(=O)=O. The molecule has 0 aromatic rings. The molecule has 0 amide bonds. The monoisotopic (exact) mass is 224 g/mol. The van der Waals surface area contributed by atoms with E-state index in [1.54, 1.807) is 6.92 Å². The van der Waals surface area contributed by atoms with Crippen molar-refractivity contribution in [3.63, 3.8) is 0 Å². The third-order valence-corrected chi connectivity index (χ3v) is 2.58. The molecule has 0 aliphatic rings. The third-order valence-electron chi connectivity index (χ3n) is 1.55. The van der Waals surface area contributed by atoms with E-state index in [1.807, 2.05) is 0 Å². The largest absolute Gasteiger partial charge is 0.464 e. The predicted octanol–water partition coefficient (Wildman–Crippen LogP) is -0.265. The highest BCUT2D eigenvalue weighted by Crippen LogP contribution is 2.01. The van der Waals surface area contributed by atoms with Crippen molar-refractivity contribution in [2.24, 2.45) is 0 Å². The van der Waals surface area contributed by atoms with Crippen LogP contribution in [0.5, 0.6) is 0 Å². The minimum atomic E-state index is -3.02. The second kappa shape index (κ2) is 5.98. The topological polar surface area (TPSA) is 80.7 Å². The molecular weight excluding hydrogens is 208 g/mol. The van der Waals surface area contributed by atoms with Gasteiger partial charge in [-0.2, -0.15) is 0 Å². The molecule has 0 heterocycles. The summed E-state index contributed by atoms with van der Waals surface area (Å²) in [5, 5.41) is 9.18. The van der Waals surface area contributed by atoms with Crippen molar-refractivity contribution in [3.05, 3.63) is 0 Å². The average Bonchev–Trinajstić information content (AvgIpc) is 2.02. The third kappa shape index (κ3) is 6.85. The van der Waals surface area contributed by atoms with Gasteiger partial charge in [-0.25, -0.2) is 13.2 Å². The van der Waals surface area contributed by atoms with Crippen LogP contribution in [0.2, 0.25) is 0 Å². The molecule has 0 aromatic heterocycles. The molecule has 6 heteroatoms. The van der Waals surface area contributed by atoms with Gasteiger partial charge < -0.3 is 9.84 Å². The summed E-state index contributed by atoms with van der Waals surface area (Å²) in [6, 6.07) is 0. The van der Waals surface area contributed by atoms with E-state index >= 15 is 0 Å². The van der Waals surface area contributed by atoms with E-state index in [4.69, 9.17) is 0 Å². The number of esters is 1. The van der Waals surface area contributed by atoms with Gasteiger partial charge in [-0.1, -0.05) is 0 Å². The van der Waals surface area contributed by atoms with E-state index < -0.39 is 21.9 Å². The Balaban J connectivity index is 3.74. The highest BCUT2D eigenvalue weighted by atomic mass is 32.2. The molecule has 1 atom stereocenters. The summed E-state index contributed by atoms with van der Waals surface area (Å²) in [4.78, 5) is 10.9. The van der Waals surface area contributed by atoms with Crippen LogP contribution < -0.4 is 0 Å². The van der Waals surface area contributed by atoms with Gasteiger partial charge in [-0.3, -0.25) is 0 Å². The molecule has 1 unspecified atom stereocenters. The van der Waals surface area contributed by atoms with Crippen LogP contribution in [0.1, 0.15) is 19.8 Å². The maximum absolute atomic E-state index is 10.9. The van der Waals surface area contributed by atoms with E-state index in [1.165, 1.54) is 0 Å². The quantitative estimate of drug-likeness (QED) is 0.628. The summed E-state index contributed by atoms with van der Waals surface area (Å²) in [6.07, 6.45) is 0.283. The first-order valence-electron chi connectivity index (χ1n) is 4.39. The molecule has 0 aromatic carbocycles. The minimum Gasteiger partial charge on any atom is -0.464 e. The fraction of sp³-hybridized carbons (Fsp3) is 0.875. The number of carbonyl (C=O) groups is 1. The van der Waals surface area contributed by atoms with Gasteiger partial charge in [-0.05, 0) is 19.8 Å². The van der Waals surface area contributed by atoms with E-state index in [-0.39, 0.29) is 25.2 Å². The number of aliphatic hydroxyl groups excluding tert-OH is 1. The average molecular weight is 224 g/mol. The smallest absolute Gasteiger partial charge is 0.334 e. The van der Waals surface area contributed by atoms with E-state index in [0.29, 0.717) is 0 Å². The Hall–Kier alpha value is -0.620. The van der Waals surface area contributed by atoms with Crippen LogP contribution >= 0.6 is 0 Å². The maximum Gasteiger partial charge on any atom is 0.334 e. The second-order valence-corrected chi connectivity index (χ2v) is 5.30. The summed E-state index contributed by atoms with van der Waals surface area (Å²) in [7, 11) is -3.02. The second-order valence-electron chi connectivity index (χ2n) is 3.04. The van der Waals surface area contributed by atoms with Crippen LogP contribution in [0.15, 0.2) is 0 Å². The molecule has 0 rings (SSSR count). The number of aliphatic hydroxyl groups is 1. The molecule has 0 aliphatic heterocycles. The van der Waals surface area contributed by atoms with E-state index in [9.17, 15) is 18.3 Å². The highest BCUT2D eigenvalue weighted by Gasteiger charge is 2.16. The highest BCUT2D eigenvalue weighted by molar-refractivity contribution is 7.90. The molecule has 0 saturated heterocycles. The van der Waals surface area contributed by atoms with Crippen molar-refractivity contribution >= 4 is 15.8 Å². The van der Waals surface area contributed by atoms with Gasteiger partial charge in [0.05, 0.1) is 6.61 Å². The lowest BCUT2D eigenvalue weighted by Gasteiger charge is -2.08. The van der Waals surface area contributed by atoms with Gasteiger partial charge in [0, 0.05) is 12.0 Å². The lowest BCUT2D eigenvalue weighted by Crippen LogP contribution is -2.23. The molecule has 0 radical (unpaired) electrons. The molecule has 0 fully saturated rings. The predicted molar refractivity (Wildman–Crippen MR) is 51.6 cm³/mol. The molecule has 1 N–H and O–H groups in total. The fourth-order valence-electron chi connectivity index (χ4n) is 0.895. The van der Waals surface area contributed by atoms with E-state index in [2.05, 4.69) is 4.74 Å². The lowest BCUT2D eigenvalue weighted by molar-refractivity contribution is -0.153. The molecule has 14 heavy (non-hydrogen) atoms. The summed E-state index contributed by atoms with van der Waals surface area (Å²) >= 11 is 0. The number of ether oxygens (including phenoxy) is 1. The van der Waals surface area contributed by atoms with Gasteiger partial charge in [0.25, 0.3) is 0 Å². The number of sulfone groups is 1. The van der Waals surface area contributed by atoms with Crippen molar-refractivity contribution in [2.45, 2.75) is 25.9 Å². The Kier molecular flexibility index (Phi) is 5.71. The van der Waals surface area contributed by atoms with Gasteiger partial charge in [0.2, 0.25) is 0 Å². The van der Waals surface area contributed by atoms with Crippen molar-refractivity contribution in [1.29, 1.82) is 0 Å². The van der Waals surface area contributed by atoms with Gasteiger partial charge >= 0.3 is 5.97 Å². The molecule has 0 bridgehead atoms. The summed E-state index contributed by atoms with van der Waals surface area (Å²) in [6.45, 7) is 1.85. The zero-order chi connectivity index (χ0) is 11.2. The molecule has 0 saturated carbocycles. The van der Waals surface area contributed by atoms with Crippen LogP contribution in [-0.4, -0.2) is 44.2 Å². The minimum absolute atomic E-state index is 0.0243. The summed E-state index contributed by atoms with van der Waals surface area (Å²) in [5.74, 6) is -0.718. The van der Waals surface area contributed by atoms with Crippen LogP contribution in [0.3, 0.4) is 0 Å². The first-order chi connectivity index (χ1) is 6.37. The molecule has 84 valence electrons. The molecule has 0 spiro atoms. The standard InChI is InChI=1S/C8H16O5S/c1-3-13-8(10)7(9)5-4-6-14(2,11)12/h7,9H,3-6H2,1-2H3. The molecule has 0 aliphatic carbocycles. The fourth-order valence-corrected chi connectivity index (χ4v) is 1.59. The lowest BCUT2D eigenvalue weighted by atomic mass is 10.2. The number of carbonyl (C=O) groups excluding carboxylic acids is 1. The van der Waals surface area contributed by atoms with E-state index in [0.717, 1.165) is 6.26 Å². The van der Waals surface area contributed by atoms with Crippen LogP contribution in [0, 0.1) is 0 Å². The van der Waals surface area contributed by atoms with Gasteiger partial charge in [0.15, 0.2) is 6.10 Å². The molecule has 5 nitrogen and oxygen atoms in total. The Morgan fingerprint density at radius 3 is 2.50 bits per heavy atom. The van der Waals surface area contributed by atoms with Crippen LogP contribution in [-0.2, 0) is 19.4 Å². The first kappa shape index (κ1) is 13.4. The number of rotatable bonds is 6. The Bertz CT molecular complexity index is 269.